The van der Waals surface area contributed by atoms with Crippen LogP contribution in [0.15, 0.2) is 23.6 Å². The number of aromatic nitrogens is 1. The molecule has 0 aliphatic heterocycles. The van der Waals surface area contributed by atoms with Crippen LogP contribution in [-0.4, -0.2) is 22.6 Å². The Morgan fingerprint density at radius 2 is 2.24 bits per heavy atom. The number of nitrogens with zero attached hydrogens (tertiary/aromatic N) is 1. The monoisotopic (exact) mass is 300 g/mol. The van der Waals surface area contributed by atoms with E-state index in [4.69, 9.17) is 5.11 Å². The Bertz CT molecular complexity index is 711. The molecule has 1 amide bonds. The molecule has 21 heavy (non-hydrogen) atoms. The van der Waals surface area contributed by atoms with Crippen molar-refractivity contribution in [2.75, 3.05) is 11.9 Å². The maximum Gasteiger partial charge on any atom is 0.257 e. The molecule has 2 N–H and O–H groups in total. The summed E-state index contributed by atoms with van der Waals surface area (Å²) in [6, 6.07) is 5.49. The van der Waals surface area contributed by atoms with Gasteiger partial charge in [0.2, 0.25) is 0 Å². The van der Waals surface area contributed by atoms with Crippen molar-refractivity contribution in [2.24, 2.45) is 0 Å². The average Bonchev–Trinajstić information content (AvgIpc) is 2.86. The molecule has 0 fully saturated rings. The SMILES string of the molecule is Cc1csc(NC(=O)c2cc(C#CCCO)ccc2C)n1. The van der Waals surface area contributed by atoms with Crippen LogP contribution in [0, 0.1) is 25.7 Å². The van der Waals surface area contributed by atoms with Crippen molar-refractivity contribution in [3.8, 4) is 11.8 Å². The third kappa shape index (κ3) is 4.15. The summed E-state index contributed by atoms with van der Waals surface area (Å²) in [7, 11) is 0. The normalized spacial score (nSPS) is 9.86. The zero-order valence-corrected chi connectivity index (χ0v) is 12.8. The minimum Gasteiger partial charge on any atom is -0.395 e. The third-order valence-electron chi connectivity index (χ3n) is 2.79. The van der Waals surface area contributed by atoms with E-state index in [0.29, 0.717) is 17.1 Å². The molecule has 0 bridgehead atoms. The van der Waals surface area contributed by atoms with Crippen LogP contribution >= 0.6 is 11.3 Å². The zero-order valence-electron chi connectivity index (χ0n) is 11.9. The van der Waals surface area contributed by atoms with Gasteiger partial charge in [0.1, 0.15) is 0 Å². The predicted molar refractivity (Wildman–Crippen MR) is 84.6 cm³/mol. The minimum absolute atomic E-state index is 0.0373. The van der Waals surface area contributed by atoms with E-state index in [0.717, 1.165) is 16.8 Å². The lowest BCUT2D eigenvalue weighted by Crippen LogP contribution is -2.13. The van der Waals surface area contributed by atoms with Gasteiger partial charge in [0, 0.05) is 22.9 Å². The molecule has 2 rings (SSSR count). The number of carbonyl (C=O) groups is 1. The highest BCUT2D eigenvalue weighted by Crippen LogP contribution is 2.17. The van der Waals surface area contributed by atoms with Gasteiger partial charge in [0.05, 0.1) is 12.3 Å². The van der Waals surface area contributed by atoms with Gasteiger partial charge in [-0.05, 0) is 31.5 Å². The first-order valence-corrected chi connectivity index (χ1v) is 7.42. The van der Waals surface area contributed by atoms with Crippen molar-refractivity contribution in [1.29, 1.82) is 0 Å². The van der Waals surface area contributed by atoms with Gasteiger partial charge in [-0.2, -0.15) is 0 Å². The van der Waals surface area contributed by atoms with E-state index in [1.165, 1.54) is 11.3 Å². The van der Waals surface area contributed by atoms with Gasteiger partial charge >= 0.3 is 0 Å². The molecule has 0 aliphatic rings. The number of benzene rings is 1. The van der Waals surface area contributed by atoms with Crippen LogP contribution in [0.5, 0.6) is 0 Å². The largest absolute Gasteiger partial charge is 0.395 e. The molecule has 108 valence electrons. The number of hydrogen-bond donors (Lipinski definition) is 2. The number of amides is 1. The molecule has 0 atom stereocenters. The summed E-state index contributed by atoms with van der Waals surface area (Å²) in [4.78, 5) is 16.5. The van der Waals surface area contributed by atoms with Crippen LogP contribution in [0.4, 0.5) is 5.13 Å². The van der Waals surface area contributed by atoms with Crippen molar-refractivity contribution in [3.63, 3.8) is 0 Å². The lowest BCUT2D eigenvalue weighted by Gasteiger charge is -2.06. The van der Waals surface area contributed by atoms with Crippen molar-refractivity contribution >= 4 is 22.4 Å². The quantitative estimate of drug-likeness (QED) is 0.857. The van der Waals surface area contributed by atoms with Crippen LogP contribution in [0.3, 0.4) is 0 Å². The summed E-state index contributed by atoms with van der Waals surface area (Å²) in [5, 5.41) is 14.0. The van der Waals surface area contributed by atoms with Crippen LogP contribution in [0.1, 0.15) is 33.6 Å². The highest BCUT2D eigenvalue weighted by Gasteiger charge is 2.11. The molecule has 4 nitrogen and oxygen atoms in total. The van der Waals surface area contributed by atoms with Crippen LogP contribution in [0.2, 0.25) is 0 Å². The van der Waals surface area contributed by atoms with Gasteiger partial charge in [-0.25, -0.2) is 4.98 Å². The van der Waals surface area contributed by atoms with Gasteiger partial charge in [-0.15, -0.1) is 11.3 Å². The fourth-order valence-electron chi connectivity index (χ4n) is 1.74. The number of hydrogen-bond acceptors (Lipinski definition) is 4. The van der Waals surface area contributed by atoms with Gasteiger partial charge < -0.3 is 5.11 Å². The summed E-state index contributed by atoms with van der Waals surface area (Å²) >= 11 is 1.40. The van der Waals surface area contributed by atoms with Crippen molar-refractivity contribution in [1.82, 2.24) is 4.98 Å². The van der Waals surface area contributed by atoms with Gasteiger partial charge in [-0.1, -0.05) is 17.9 Å². The molecule has 0 saturated heterocycles. The van der Waals surface area contributed by atoms with Crippen molar-refractivity contribution in [2.45, 2.75) is 20.3 Å². The molecular weight excluding hydrogens is 284 g/mol. The topological polar surface area (TPSA) is 62.2 Å². The fourth-order valence-corrected chi connectivity index (χ4v) is 2.42. The molecule has 1 heterocycles. The lowest BCUT2D eigenvalue weighted by atomic mass is 10.0. The summed E-state index contributed by atoms with van der Waals surface area (Å²) < 4.78 is 0. The maximum absolute atomic E-state index is 12.3. The van der Waals surface area contributed by atoms with Crippen LogP contribution < -0.4 is 5.32 Å². The fraction of sp³-hybridized carbons (Fsp3) is 0.250. The molecule has 1 aromatic carbocycles. The molecule has 2 aromatic rings. The van der Waals surface area contributed by atoms with E-state index < -0.39 is 0 Å². The van der Waals surface area contributed by atoms with E-state index in [1.54, 1.807) is 6.07 Å². The second kappa shape index (κ2) is 7.02. The summed E-state index contributed by atoms with van der Waals surface area (Å²) in [6.45, 7) is 3.80. The van der Waals surface area contributed by atoms with Crippen molar-refractivity contribution in [3.05, 3.63) is 46.0 Å². The Hall–Kier alpha value is -2.16. The van der Waals surface area contributed by atoms with Gasteiger partial charge in [0.15, 0.2) is 5.13 Å². The smallest absolute Gasteiger partial charge is 0.257 e. The summed E-state index contributed by atoms with van der Waals surface area (Å²) in [5.74, 6) is 5.59. The van der Waals surface area contributed by atoms with Gasteiger partial charge in [0.25, 0.3) is 5.91 Å². The molecule has 0 saturated carbocycles. The zero-order chi connectivity index (χ0) is 15.2. The Kier molecular flexibility index (Phi) is 5.09. The maximum atomic E-state index is 12.3. The highest BCUT2D eigenvalue weighted by molar-refractivity contribution is 7.13. The minimum atomic E-state index is -0.187. The van der Waals surface area contributed by atoms with E-state index >= 15 is 0 Å². The number of aliphatic hydroxyl groups excluding tert-OH is 1. The first-order chi connectivity index (χ1) is 10.1. The Morgan fingerprint density at radius 1 is 1.43 bits per heavy atom. The van der Waals surface area contributed by atoms with E-state index in [2.05, 4.69) is 22.1 Å². The molecule has 0 spiro atoms. The number of aliphatic hydroxyl groups is 1. The number of nitrogens with one attached hydrogen (secondary N) is 1. The van der Waals surface area contributed by atoms with E-state index in [-0.39, 0.29) is 12.5 Å². The first kappa shape index (κ1) is 15.2. The number of anilines is 1. The predicted octanol–water partition coefficient (Wildman–Crippen LogP) is 2.75. The standard InChI is InChI=1S/C16H16N2O2S/c1-11-6-7-13(5-3-4-8-19)9-14(11)15(20)18-16-17-12(2)10-21-16/h6-7,9-10,19H,4,8H2,1-2H3,(H,17,18,20). The van der Waals surface area contributed by atoms with Gasteiger partial charge in [-0.3, -0.25) is 10.1 Å². The van der Waals surface area contributed by atoms with Crippen LogP contribution in [0.25, 0.3) is 0 Å². The first-order valence-electron chi connectivity index (χ1n) is 6.54. The number of aryl methyl sites for hydroxylation is 2. The average molecular weight is 300 g/mol. The highest BCUT2D eigenvalue weighted by atomic mass is 32.1. The summed E-state index contributed by atoms with van der Waals surface area (Å²) in [5.41, 5.74) is 3.11. The van der Waals surface area contributed by atoms with Crippen molar-refractivity contribution < 1.29 is 9.90 Å². The number of thiazole rings is 1. The molecule has 5 heteroatoms. The third-order valence-corrected chi connectivity index (χ3v) is 3.67. The Morgan fingerprint density at radius 3 is 2.90 bits per heavy atom. The number of rotatable bonds is 3. The lowest BCUT2D eigenvalue weighted by molar-refractivity contribution is 0.102. The Balaban J connectivity index is 2.20. The second-order valence-corrected chi connectivity index (χ2v) is 5.41. The van der Waals surface area contributed by atoms with Crippen LogP contribution in [-0.2, 0) is 0 Å². The molecule has 0 aliphatic carbocycles. The number of carbonyl (C=O) groups excluding carboxylic acids is 1. The molecule has 0 radical (unpaired) electrons. The Labute approximate surface area is 127 Å². The molecule has 1 aromatic heterocycles. The van der Waals surface area contributed by atoms with E-state index in [1.807, 2.05) is 31.4 Å². The molecule has 0 unspecified atom stereocenters. The summed E-state index contributed by atoms with van der Waals surface area (Å²) in [6.07, 6.45) is 0.424. The van der Waals surface area contributed by atoms with E-state index in [9.17, 15) is 4.79 Å². The second-order valence-electron chi connectivity index (χ2n) is 4.55. The molecular formula is C16H16N2O2S.